The molecule has 130 valence electrons. The van der Waals surface area contributed by atoms with E-state index in [1.165, 1.54) is 18.4 Å². The largest absolute Gasteiger partial charge is 0.494 e. The van der Waals surface area contributed by atoms with Crippen LogP contribution in [-0.2, 0) is 6.18 Å². The third kappa shape index (κ3) is 3.43. The van der Waals surface area contributed by atoms with E-state index in [9.17, 15) is 18.0 Å². The summed E-state index contributed by atoms with van der Waals surface area (Å²) in [5.41, 5.74) is 0.943. The normalized spacial score (nSPS) is 11.6. The van der Waals surface area contributed by atoms with Crippen molar-refractivity contribution in [3.8, 4) is 5.75 Å². The number of ether oxygens (including phenoxy) is 1. The van der Waals surface area contributed by atoms with Gasteiger partial charge in [-0.05, 0) is 42.8 Å². The molecule has 0 aliphatic rings. The Bertz CT molecular complexity index is 933. The standard InChI is InChI=1S/C17H13F3N2O2S/c1-9-3-8-12(24-2)13-14(9)25-16(21-13)22-15(23)10-4-6-11(7-5-10)17(18,19)20/h3-8H,1-2H3,(H,21,22,23). The molecule has 0 saturated carbocycles. The van der Waals surface area contributed by atoms with Crippen LogP contribution in [0.1, 0.15) is 21.5 Å². The molecule has 0 atom stereocenters. The highest BCUT2D eigenvalue weighted by Crippen LogP contribution is 2.35. The average Bonchev–Trinajstić information content (AvgIpc) is 2.99. The number of nitrogens with one attached hydrogen (secondary N) is 1. The predicted octanol–water partition coefficient (Wildman–Crippen LogP) is 4.88. The Labute approximate surface area is 145 Å². The van der Waals surface area contributed by atoms with Crippen LogP contribution < -0.4 is 10.1 Å². The van der Waals surface area contributed by atoms with E-state index in [4.69, 9.17) is 4.74 Å². The van der Waals surface area contributed by atoms with E-state index in [-0.39, 0.29) is 5.56 Å². The minimum absolute atomic E-state index is 0.121. The summed E-state index contributed by atoms with van der Waals surface area (Å²) < 4.78 is 43.9. The molecular formula is C17H13F3N2O2S. The summed E-state index contributed by atoms with van der Waals surface area (Å²) in [6, 6.07) is 7.70. The molecule has 0 fully saturated rings. The molecule has 1 N–H and O–H groups in total. The smallest absolute Gasteiger partial charge is 0.416 e. The van der Waals surface area contributed by atoms with Gasteiger partial charge in [0.2, 0.25) is 0 Å². The molecule has 2 aromatic carbocycles. The molecule has 0 saturated heterocycles. The van der Waals surface area contributed by atoms with Crippen LogP contribution >= 0.6 is 11.3 Å². The minimum atomic E-state index is -4.43. The van der Waals surface area contributed by atoms with Gasteiger partial charge in [-0.25, -0.2) is 4.98 Å². The van der Waals surface area contributed by atoms with Crippen LogP contribution in [0, 0.1) is 6.92 Å². The van der Waals surface area contributed by atoms with Crippen molar-refractivity contribution in [3.05, 3.63) is 53.1 Å². The summed E-state index contributed by atoms with van der Waals surface area (Å²) in [6.07, 6.45) is -4.43. The lowest BCUT2D eigenvalue weighted by Gasteiger charge is -2.07. The van der Waals surface area contributed by atoms with E-state index in [1.54, 1.807) is 6.07 Å². The van der Waals surface area contributed by atoms with Crippen molar-refractivity contribution in [3.63, 3.8) is 0 Å². The summed E-state index contributed by atoms with van der Waals surface area (Å²) in [7, 11) is 1.53. The molecule has 8 heteroatoms. The highest BCUT2D eigenvalue weighted by Gasteiger charge is 2.30. The second-order valence-corrected chi connectivity index (χ2v) is 6.31. The maximum atomic E-state index is 12.6. The number of carbonyl (C=O) groups excluding carboxylic acids is 1. The Morgan fingerprint density at radius 3 is 2.44 bits per heavy atom. The lowest BCUT2D eigenvalue weighted by molar-refractivity contribution is -0.137. The number of nitrogens with zero attached hydrogens (tertiary/aromatic N) is 1. The van der Waals surface area contributed by atoms with E-state index >= 15 is 0 Å². The number of carbonyl (C=O) groups is 1. The van der Waals surface area contributed by atoms with Gasteiger partial charge in [0, 0.05) is 5.56 Å². The van der Waals surface area contributed by atoms with E-state index in [0.29, 0.717) is 16.4 Å². The molecule has 3 rings (SSSR count). The second-order valence-electron chi connectivity index (χ2n) is 5.31. The molecule has 3 aromatic rings. The molecule has 0 spiro atoms. The highest BCUT2D eigenvalue weighted by atomic mass is 32.1. The molecule has 1 aromatic heterocycles. The van der Waals surface area contributed by atoms with Gasteiger partial charge >= 0.3 is 6.18 Å². The fourth-order valence-corrected chi connectivity index (χ4v) is 3.25. The average molecular weight is 366 g/mol. The van der Waals surface area contributed by atoms with Crippen molar-refractivity contribution in [1.29, 1.82) is 0 Å². The lowest BCUT2D eigenvalue weighted by Crippen LogP contribution is -2.12. The first-order valence-electron chi connectivity index (χ1n) is 7.22. The zero-order chi connectivity index (χ0) is 18.2. The summed E-state index contributed by atoms with van der Waals surface area (Å²) in [6.45, 7) is 1.92. The van der Waals surface area contributed by atoms with Gasteiger partial charge in [0.1, 0.15) is 11.3 Å². The summed E-state index contributed by atoms with van der Waals surface area (Å²) >= 11 is 1.28. The number of methoxy groups -OCH3 is 1. The molecule has 25 heavy (non-hydrogen) atoms. The van der Waals surface area contributed by atoms with Gasteiger partial charge in [-0.1, -0.05) is 17.4 Å². The fraction of sp³-hybridized carbons (Fsp3) is 0.176. The quantitative estimate of drug-likeness (QED) is 0.718. The molecule has 1 heterocycles. The number of fused-ring (bicyclic) bond motifs is 1. The topological polar surface area (TPSA) is 51.2 Å². The summed E-state index contributed by atoms with van der Waals surface area (Å²) in [4.78, 5) is 16.6. The zero-order valence-electron chi connectivity index (χ0n) is 13.3. The first-order chi connectivity index (χ1) is 11.8. The Morgan fingerprint density at radius 1 is 1.16 bits per heavy atom. The number of anilines is 1. The number of alkyl halides is 3. The molecular weight excluding hydrogens is 353 g/mol. The Morgan fingerprint density at radius 2 is 1.84 bits per heavy atom. The van der Waals surface area contributed by atoms with Gasteiger partial charge in [-0.2, -0.15) is 13.2 Å². The number of hydrogen-bond acceptors (Lipinski definition) is 4. The number of halogens is 3. The number of aryl methyl sites for hydroxylation is 1. The van der Waals surface area contributed by atoms with Crippen molar-refractivity contribution in [2.45, 2.75) is 13.1 Å². The van der Waals surface area contributed by atoms with Crippen molar-refractivity contribution in [2.75, 3.05) is 12.4 Å². The van der Waals surface area contributed by atoms with Crippen molar-refractivity contribution >= 4 is 32.6 Å². The number of benzene rings is 2. The molecule has 0 aliphatic heterocycles. The molecule has 0 radical (unpaired) electrons. The number of aromatic nitrogens is 1. The Balaban J connectivity index is 1.86. The number of thiazole rings is 1. The van der Waals surface area contributed by atoms with Gasteiger partial charge in [0.25, 0.3) is 5.91 Å². The fourth-order valence-electron chi connectivity index (χ4n) is 2.31. The monoisotopic (exact) mass is 366 g/mol. The lowest BCUT2D eigenvalue weighted by atomic mass is 10.1. The predicted molar refractivity (Wildman–Crippen MR) is 90.3 cm³/mol. The van der Waals surface area contributed by atoms with Crippen molar-refractivity contribution < 1.29 is 22.7 Å². The van der Waals surface area contributed by atoms with Gasteiger partial charge in [-0.15, -0.1) is 0 Å². The van der Waals surface area contributed by atoms with Gasteiger partial charge < -0.3 is 4.74 Å². The SMILES string of the molecule is COc1ccc(C)c2sc(NC(=O)c3ccc(C(F)(F)F)cc3)nc12. The van der Waals surface area contributed by atoms with E-state index in [0.717, 1.165) is 34.5 Å². The number of amides is 1. The molecule has 0 unspecified atom stereocenters. The third-order valence-electron chi connectivity index (χ3n) is 3.62. The maximum Gasteiger partial charge on any atom is 0.416 e. The van der Waals surface area contributed by atoms with E-state index in [2.05, 4.69) is 10.3 Å². The summed E-state index contributed by atoms with van der Waals surface area (Å²) in [5, 5.41) is 2.97. The maximum absolute atomic E-state index is 12.6. The first-order valence-corrected chi connectivity index (χ1v) is 8.04. The first kappa shape index (κ1) is 17.2. The third-order valence-corrected chi connectivity index (χ3v) is 4.72. The highest BCUT2D eigenvalue weighted by molar-refractivity contribution is 7.22. The molecule has 1 amide bonds. The van der Waals surface area contributed by atoms with Crippen LogP contribution in [0.4, 0.5) is 18.3 Å². The Kier molecular flexibility index (Phi) is 4.38. The Hall–Kier alpha value is -2.61. The molecule has 0 aliphatic carbocycles. The number of rotatable bonds is 3. The van der Waals surface area contributed by atoms with Gasteiger partial charge in [-0.3, -0.25) is 10.1 Å². The van der Waals surface area contributed by atoms with Crippen LogP contribution in [-0.4, -0.2) is 18.0 Å². The van der Waals surface area contributed by atoms with Crippen LogP contribution in [0.2, 0.25) is 0 Å². The summed E-state index contributed by atoms with van der Waals surface area (Å²) in [5.74, 6) is 0.0660. The van der Waals surface area contributed by atoms with Crippen molar-refractivity contribution in [1.82, 2.24) is 4.98 Å². The molecule has 0 bridgehead atoms. The zero-order valence-corrected chi connectivity index (χ0v) is 14.1. The van der Waals surface area contributed by atoms with Gasteiger partial charge in [0.15, 0.2) is 5.13 Å². The van der Waals surface area contributed by atoms with Crippen LogP contribution in [0.5, 0.6) is 5.75 Å². The van der Waals surface area contributed by atoms with E-state index in [1.807, 2.05) is 13.0 Å². The minimum Gasteiger partial charge on any atom is -0.494 e. The number of hydrogen-bond donors (Lipinski definition) is 1. The van der Waals surface area contributed by atoms with E-state index < -0.39 is 17.6 Å². The van der Waals surface area contributed by atoms with Crippen LogP contribution in [0.25, 0.3) is 10.2 Å². The van der Waals surface area contributed by atoms with Gasteiger partial charge in [0.05, 0.1) is 17.4 Å². The van der Waals surface area contributed by atoms with Crippen molar-refractivity contribution in [2.24, 2.45) is 0 Å². The second kappa shape index (κ2) is 6.36. The van der Waals surface area contributed by atoms with Crippen LogP contribution in [0.15, 0.2) is 36.4 Å². The van der Waals surface area contributed by atoms with Crippen LogP contribution in [0.3, 0.4) is 0 Å². The molecule has 4 nitrogen and oxygen atoms in total.